The standard InChI is InChI=1S/C27H33N3O6S/c1-20(31)28-22-10-12-23(13-11-22)37(34,35)30-17-14-21-8-4-5-9-24(21)25(30)18-27(33)36-19-26(32)29-15-6-2-3-7-16-29/h4-5,8-13,25H,2-3,6-7,14-19H2,1H3,(H,28,31). The largest absolute Gasteiger partial charge is 0.456 e. The number of benzene rings is 2. The monoisotopic (exact) mass is 527 g/mol. The summed E-state index contributed by atoms with van der Waals surface area (Å²) in [5.41, 5.74) is 2.22. The van der Waals surface area contributed by atoms with E-state index in [-0.39, 0.29) is 36.3 Å². The second kappa shape index (κ2) is 11.9. The van der Waals surface area contributed by atoms with Gasteiger partial charge >= 0.3 is 5.97 Å². The topological polar surface area (TPSA) is 113 Å². The highest BCUT2D eigenvalue weighted by Gasteiger charge is 2.38. The van der Waals surface area contributed by atoms with Gasteiger partial charge in [-0.2, -0.15) is 4.31 Å². The molecule has 0 spiro atoms. The molecular weight excluding hydrogens is 494 g/mol. The van der Waals surface area contributed by atoms with Crippen molar-refractivity contribution < 1.29 is 27.5 Å². The molecule has 1 fully saturated rings. The Morgan fingerprint density at radius 1 is 0.946 bits per heavy atom. The van der Waals surface area contributed by atoms with Gasteiger partial charge in [-0.15, -0.1) is 0 Å². The van der Waals surface area contributed by atoms with Crippen LogP contribution in [0.5, 0.6) is 0 Å². The van der Waals surface area contributed by atoms with Crippen molar-refractivity contribution in [3.8, 4) is 0 Å². The first-order valence-corrected chi connectivity index (χ1v) is 14.1. The van der Waals surface area contributed by atoms with Crippen LogP contribution < -0.4 is 5.32 Å². The first-order valence-electron chi connectivity index (χ1n) is 12.7. The fraction of sp³-hybridized carbons (Fsp3) is 0.444. The maximum absolute atomic E-state index is 13.7. The van der Waals surface area contributed by atoms with Gasteiger partial charge in [-0.1, -0.05) is 37.1 Å². The normalized spacial score (nSPS) is 18.4. The molecule has 1 atom stereocenters. The van der Waals surface area contributed by atoms with Crippen molar-refractivity contribution in [2.75, 3.05) is 31.6 Å². The summed E-state index contributed by atoms with van der Waals surface area (Å²) in [7, 11) is -3.96. The van der Waals surface area contributed by atoms with Crippen molar-refractivity contribution >= 4 is 33.5 Å². The number of carbonyl (C=O) groups excluding carboxylic acids is 3. The molecule has 198 valence electrons. The fourth-order valence-corrected chi connectivity index (χ4v) is 6.55. The van der Waals surface area contributed by atoms with Crippen LogP contribution >= 0.6 is 0 Å². The zero-order valence-electron chi connectivity index (χ0n) is 21.0. The third kappa shape index (κ3) is 6.56. The first-order chi connectivity index (χ1) is 17.8. The summed E-state index contributed by atoms with van der Waals surface area (Å²) >= 11 is 0. The smallest absolute Gasteiger partial charge is 0.308 e. The minimum Gasteiger partial charge on any atom is -0.456 e. The van der Waals surface area contributed by atoms with Gasteiger partial charge in [0.2, 0.25) is 15.9 Å². The van der Waals surface area contributed by atoms with Crippen LogP contribution in [0.15, 0.2) is 53.4 Å². The summed E-state index contributed by atoms with van der Waals surface area (Å²) in [6.07, 6.45) is 4.37. The maximum atomic E-state index is 13.7. The van der Waals surface area contributed by atoms with Gasteiger partial charge in [-0.05, 0) is 54.7 Å². The number of nitrogens with zero attached hydrogens (tertiary/aromatic N) is 2. The number of hydrogen-bond acceptors (Lipinski definition) is 6. The van der Waals surface area contributed by atoms with Crippen molar-refractivity contribution in [3.05, 3.63) is 59.7 Å². The molecular formula is C27H33N3O6S. The average Bonchev–Trinajstić information content (AvgIpc) is 3.17. The lowest BCUT2D eigenvalue weighted by molar-refractivity contribution is -0.152. The van der Waals surface area contributed by atoms with Gasteiger partial charge in [0.1, 0.15) is 0 Å². The predicted octanol–water partition coefficient (Wildman–Crippen LogP) is 3.27. The van der Waals surface area contributed by atoms with Crippen LogP contribution in [0, 0.1) is 0 Å². The number of carbonyl (C=O) groups is 3. The molecule has 2 aromatic carbocycles. The van der Waals surface area contributed by atoms with Gasteiger partial charge < -0.3 is 15.0 Å². The Morgan fingerprint density at radius 2 is 1.62 bits per heavy atom. The molecule has 0 radical (unpaired) electrons. The summed E-state index contributed by atoms with van der Waals surface area (Å²) in [6, 6.07) is 12.7. The van der Waals surface area contributed by atoms with Gasteiger partial charge in [-0.25, -0.2) is 8.42 Å². The van der Waals surface area contributed by atoms with E-state index in [0.29, 0.717) is 25.2 Å². The second-order valence-electron chi connectivity index (χ2n) is 9.45. The molecule has 2 aromatic rings. The molecule has 1 N–H and O–H groups in total. The molecule has 0 aromatic heterocycles. The van der Waals surface area contributed by atoms with Gasteiger partial charge in [-0.3, -0.25) is 14.4 Å². The van der Waals surface area contributed by atoms with E-state index in [4.69, 9.17) is 4.74 Å². The molecule has 2 aliphatic rings. The van der Waals surface area contributed by atoms with Gasteiger partial charge in [0.15, 0.2) is 6.61 Å². The van der Waals surface area contributed by atoms with E-state index in [1.54, 1.807) is 4.90 Å². The molecule has 0 saturated carbocycles. The van der Waals surface area contributed by atoms with E-state index in [1.165, 1.54) is 35.5 Å². The summed E-state index contributed by atoms with van der Waals surface area (Å²) < 4.78 is 34.0. The molecule has 10 heteroatoms. The summed E-state index contributed by atoms with van der Waals surface area (Å²) in [6.45, 7) is 2.57. The highest BCUT2D eigenvalue weighted by molar-refractivity contribution is 7.89. The van der Waals surface area contributed by atoms with E-state index >= 15 is 0 Å². The molecule has 0 bridgehead atoms. The molecule has 1 saturated heterocycles. The van der Waals surface area contributed by atoms with Gasteiger partial charge in [0, 0.05) is 32.2 Å². The van der Waals surface area contributed by atoms with Crippen LogP contribution in [0.25, 0.3) is 0 Å². The van der Waals surface area contributed by atoms with Crippen molar-refractivity contribution in [3.63, 3.8) is 0 Å². The third-order valence-corrected chi connectivity index (χ3v) is 8.74. The second-order valence-corrected chi connectivity index (χ2v) is 11.3. The Hall–Kier alpha value is -3.24. The lowest BCUT2D eigenvalue weighted by Gasteiger charge is -2.36. The Labute approximate surface area is 217 Å². The Kier molecular flexibility index (Phi) is 8.60. The van der Waals surface area contributed by atoms with E-state index in [1.807, 2.05) is 24.3 Å². The quantitative estimate of drug-likeness (QED) is 0.553. The highest BCUT2D eigenvalue weighted by Crippen LogP contribution is 2.36. The van der Waals surface area contributed by atoms with Crippen LogP contribution in [0.3, 0.4) is 0 Å². The van der Waals surface area contributed by atoms with E-state index < -0.39 is 22.0 Å². The van der Waals surface area contributed by atoms with Crippen molar-refractivity contribution in [1.29, 1.82) is 0 Å². The lowest BCUT2D eigenvalue weighted by atomic mass is 9.92. The lowest BCUT2D eigenvalue weighted by Crippen LogP contribution is -2.41. The molecule has 2 aliphatic heterocycles. The van der Waals surface area contributed by atoms with Crippen LogP contribution in [0.2, 0.25) is 0 Å². The average molecular weight is 528 g/mol. The third-order valence-electron chi connectivity index (χ3n) is 6.82. The van der Waals surface area contributed by atoms with Crippen molar-refractivity contribution in [2.24, 2.45) is 0 Å². The first kappa shape index (κ1) is 26.8. The summed E-state index contributed by atoms with van der Waals surface area (Å²) in [4.78, 5) is 38.5. The van der Waals surface area contributed by atoms with Crippen LogP contribution in [0.1, 0.15) is 56.2 Å². The number of amides is 2. The number of esters is 1. The van der Waals surface area contributed by atoms with Crippen molar-refractivity contribution in [2.45, 2.75) is 56.4 Å². The molecule has 4 rings (SSSR count). The number of rotatable bonds is 7. The Bertz CT molecular complexity index is 1240. The fourth-order valence-electron chi connectivity index (χ4n) is 4.95. The maximum Gasteiger partial charge on any atom is 0.308 e. The summed E-state index contributed by atoms with van der Waals surface area (Å²) in [5, 5.41) is 2.62. The number of anilines is 1. The number of sulfonamides is 1. The van der Waals surface area contributed by atoms with Crippen LogP contribution in [-0.2, 0) is 35.6 Å². The van der Waals surface area contributed by atoms with E-state index in [0.717, 1.165) is 36.8 Å². The minimum absolute atomic E-state index is 0.0655. The Balaban J connectivity index is 1.51. The molecule has 1 unspecified atom stereocenters. The zero-order chi connectivity index (χ0) is 26.4. The molecule has 0 aliphatic carbocycles. The molecule has 9 nitrogen and oxygen atoms in total. The molecule has 37 heavy (non-hydrogen) atoms. The SMILES string of the molecule is CC(=O)Nc1ccc(S(=O)(=O)N2CCc3ccccc3C2CC(=O)OCC(=O)N2CCCCCC2)cc1. The van der Waals surface area contributed by atoms with Crippen LogP contribution in [0.4, 0.5) is 5.69 Å². The Morgan fingerprint density at radius 3 is 2.30 bits per heavy atom. The van der Waals surface area contributed by atoms with Crippen LogP contribution in [-0.4, -0.2) is 61.6 Å². The summed E-state index contributed by atoms with van der Waals surface area (Å²) in [5.74, 6) is -1.09. The van der Waals surface area contributed by atoms with Gasteiger partial charge in [0.05, 0.1) is 17.4 Å². The predicted molar refractivity (Wildman–Crippen MR) is 138 cm³/mol. The number of nitrogens with one attached hydrogen (secondary N) is 1. The zero-order valence-corrected chi connectivity index (χ0v) is 21.8. The number of fused-ring (bicyclic) bond motifs is 1. The number of hydrogen-bond donors (Lipinski definition) is 1. The molecule has 2 heterocycles. The molecule has 2 amide bonds. The van der Waals surface area contributed by atoms with Crippen molar-refractivity contribution in [1.82, 2.24) is 9.21 Å². The number of ether oxygens (including phenoxy) is 1. The van der Waals surface area contributed by atoms with Gasteiger partial charge in [0.25, 0.3) is 5.91 Å². The minimum atomic E-state index is -3.96. The number of likely N-dealkylation sites (tertiary alicyclic amines) is 1. The highest BCUT2D eigenvalue weighted by atomic mass is 32.2. The van der Waals surface area contributed by atoms with E-state index in [9.17, 15) is 22.8 Å². The van der Waals surface area contributed by atoms with E-state index in [2.05, 4.69) is 5.32 Å².